The summed E-state index contributed by atoms with van der Waals surface area (Å²) in [5.41, 5.74) is -0.645. The van der Waals surface area contributed by atoms with E-state index in [-0.39, 0.29) is 21.6 Å². The van der Waals surface area contributed by atoms with Gasteiger partial charge in [0.05, 0.1) is 27.1 Å². The lowest BCUT2D eigenvalue weighted by Gasteiger charge is -2.09. The van der Waals surface area contributed by atoms with Gasteiger partial charge < -0.3 is 0 Å². The number of aromatic nitrogens is 1. The van der Waals surface area contributed by atoms with Crippen molar-refractivity contribution in [3.8, 4) is 6.07 Å². The van der Waals surface area contributed by atoms with Crippen molar-refractivity contribution < 1.29 is 18.0 Å². The van der Waals surface area contributed by atoms with Crippen LogP contribution in [0, 0.1) is 11.3 Å². The summed E-state index contributed by atoms with van der Waals surface area (Å²) < 4.78 is 38.6. The van der Waals surface area contributed by atoms with Crippen LogP contribution in [0.2, 0.25) is 0 Å². The minimum atomic E-state index is -4.45. The molecule has 3 nitrogen and oxygen atoms in total. The molecule has 1 heterocycles. The van der Waals surface area contributed by atoms with Crippen LogP contribution in [-0.4, -0.2) is 22.3 Å². The topological polar surface area (TPSA) is 53.8 Å². The third kappa shape index (κ3) is 3.25. The molecule has 0 radical (unpaired) electrons. The van der Waals surface area contributed by atoms with E-state index in [4.69, 9.17) is 0 Å². The highest BCUT2D eigenvalue weighted by Gasteiger charge is 2.32. The van der Waals surface area contributed by atoms with E-state index in [1.807, 2.05) is 6.07 Å². The Morgan fingerprint density at radius 1 is 1.45 bits per heavy atom. The van der Waals surface area contributed by atoms with Crippen molar-refractivity contribution >= 4 is 39.1 Å². The standard InChI is InChI=1S/C14H11F3N2OS2/c1-7(21-2)12(20)9(6-18)13-19-10-5-8(14(15,16)17)3-4-11(10)22-13/h3-5,7,9H,1-2H3/t7-,9-/m1/s1. The van der Waals surface area contributed by atoms with Gasteiger partial charge in [0, 0.05) is 0 Å². The Labute approximate surface area is 133 Å². The molecule has 2 atom stereocenters. The number of hydrogen-bond donors (Lipinski definition) is 0. The number of carbonyl (C=O) groups is 1. The Morgan fingerprint density at radius 3 is 2.68 bits per heavy atom. The molecular formula is C14H11F3N2OS2. The highest BCUT2D eigenvalue weighted by Crippen LogP contribution is 2.35. The number of carbonyl (C=O) groups excluding carboxylic acids is 1. The lowest BCUT2D eigenvalue weighted by atomic mass is 10.0. The van der Waals surface area contributed by atoms with Crippen molar-refractivity contribution in [1.29, 1.82) is 5.26 Å². The Hall–Kier alpha value is -1.59. The highest BCUT2D eigenvalue weighted by atomic mass is 32.2. The molecule has 0 aliphatic carbocycles. The van der Waals surface area contributed by atoms with Crippen molar-refractivity contribution in [2.24, 2.45) is 0 Å². The number of fused-ring (bicyclic) bond motifs is 1. The van der Waals surface area contributed by atoms with E-state index in [1.54, 1.807) is 13.2 Å². The van der Waals surface area contributed by atoms with E-state index in [0.29, 0.717) is 4.70 Å². The number of thiazole rings is 1. The Morgan fingerprint density at radius 2 is 2.14 bits per heavy atom. The summed E-state index contributed by atoms with van der Waals surface area (Å²) in [6, 6.07) is 5.12. The van der Waals surface area contributed by atoms with E-state index in [1.165, 1.54) is 17.8 Å². The van der Waals surface area contributed by atoms with Gasteiger partial charge in [-0.3, -0.25) is 4.79 Å². The average molecular weight is 344 g/mol. The fraction of sp³-hybridized carbons (Fsp3) is 0.357. The fourth-order valence-electron chi connectivity index (χ4n) is 1.84. The van der Waals surface area contributed by atoms with E-state index < -0.39 is 17.7 Å². The Kier molecular flexibility index (Phi) is 4.78. The van der Waals surface area contributed by atoms with Crippen molar-refractivity contribution in [3.05, 3.63) is 28.8 Å². The number of thioether (sulfide) groups is 1. The monoisotopic (exact) mass is 344 g/mol. The Balaban J connectivity index is 2.44. The summed E-state index contributed by atoms with van der Waals surface area (Å²) in [5.74, 6) is -1.33. The predicted octanol–water partition coefficient (Wildman–Crippen LogP) is 4.24. The maximum Gasteiger partial charge on any atom is 0.416 e. The van der Waals surface area contributed by atoms with Crippen LogP contribution >= 0.6 is 23.1 Å². The lowest BCUT2D eigenvalue weighted by Crippen LogP contribution is -2.20. The average Bonchev–Trinajstić information content (AvgIpc) is 2.88. The first-order chi connectivity index (χ1) is 10.3. The van der Waals surface area contributed by atoms with Gasteiger partial charge in [-0.1, -0.05) is 0 Å². The molecule has 0 saturated carbocycles. The van der Waals surface area contributed by atoms with Crippen LogP contribution in [0.3, 0.4) is 0 Å². The van der Waals surface area contributed by atoms with E-state index in [9.17, 15) is 23.2 Å². The zero-order valence-corrected chi connectivity index (χ0v) is 13.3. The molecule has 116 valence electrons. The zero-order valence-electron chi connectivity index (χ0n) is 11.6. The number of rotatable bonds is 4. The summed E-state index contributed by atoms with van der Waals surface area (Å²) in [7, 11) is 0. The fourth-order valence-corrected chi connectivity index (χ4v) is 3.21. The minimum absolute atomic E-state index is 0.152. The van der Waals surface area contributed by atoms with Crippen LogP contribution in [0.15, 0.2) is 18.2 Å². The van der Waals surface area contributed by atoms with Crippen LogP contribution in [0.1, 0.15) is 23.4 Å². The number of alkyl halides is 3. The largest absolute Gasteiger partial charge is 0.416 e. The molecule has 0 amide bonds. The Bertz CT molecular complexity index is 749. The number of benzene rings is 1. The minimum Gasteiger partial charge on any atom is -0.296 e. The van der Waals surface area contributed by atoms with Gasteiger partial charge in [-0.05, 0) is 31.4 Å². The highest BCUT2D eigenvalue weighted by molar-refractivity contribution is 7.99. The molecular weight excluding hydrogens is 333 g/mol. The third-order valence-corrected chi connectivity index (χ3v) is 5.19. The van der Waals surface area contributed by atoms with Gasteiger partial charge in [-0.2, -0.15) is 30.2 Å². The number of hydrogen-bond acceptors (Lipinski definition) is 5. The molecule has 0 aliphatic heterocycles. The number of ketones is 1. The first kappa shape index (κ1) is 16.8. The molecule has 1 aromatic heterocycles. The molecule has 0 bridgehead atoms. The van der Waals surface area contributed by atoms with Crippen LogP contribution in [0.5, 0.6) is 0 Å². The van der Waals surface area contributed by atoms with Crippen LogP contribution in [-0.2, 0) is 11.0 Å². The van der Waals surface area contributed by atoms with Gasteiger partial charge in [0.1, 0.15) is 5.01 Å². The molecule has 0 aliphatic rings. The van der Waals surface area contributed by atoms with Crippen LogP contribution in [0.4, 0.5) is 13.2 Å². The van der Waals surface area contributed by atoms with Crippen LogP contribution < -0.4 is 0 Å². The summed E-state index contributed by atoms with van der Waals surface area (Å²) in [5, 5.41) is 9.08. The van der Waals surface area contributed by atoms with Gasteiger partial charge in [0.25, 0.3) is 0 Å². The van der Waals surface area contributed by atoms with E-state index in [0.717, 1.165) is 23.5 Å². The number of Topliss-reactive ketones (excluding diaryl/α,β-unsaturated/α-hetero) is 1. The second kappa shape index (κ2) is 6.26. The predicted molar refractivity (Wildman–Crippen MR) is 81.0 cm³/mol. The van der Waals surface area contributed by atoms with E-state index in [2.05, 4.69) is 4.98 Å². The van der Waals surface area contributed by atoms with Gasteiger partial charge in [0.15, 0.2) is 11.7 Å². The smallest absolute Gasteiger partial charge is 0.296 e. The second-order valence-electron chi connectivity index (χ2n) is 4.57. The second-order valence-corrected chi connectivity index (χ2v) is 6.82. The molecule has 8 heteroatoms. The van der Waals surface area contributed by atoms with Crippen molar-refractivity contribution in [2.75, 3.05) is 6.26 Å². The summed E-state index contributed by atoms with van der Waals surface area (Å²) in [6.45, 7) is 1.69. The van der Waals surface area contributed by atoms with Crippen molar-refractivity contribution in [2.45, 2.75) is 24.3 Å². The maximum absolute atomic E-state index is 12.7. The molecule has 2 rings (SSSR count). The van der Waals surface area contributed by atoms with Crippen molar-refractivity contribution in [3.63, 3.8) is 0 Å². The summed E-state index contributed by atoms with van der Waals surface area (Å²) in [4.78, 5) is 16.2. The van der Waals surface area contributed by atoms with Gasteiger partial charge in [0.2, 0.25) is 0 Å². The molecule has 0 unspecified atom stereocenters. The summed E-state index contributed by atoms with van der Waals surface area (Å²) in [6.07, 6.45) is -2.69. The van der Waals surface area contributed by atoms with Crippen molar-refractivity contribution in [1.82, 2.24) is 4.98 Å². The normalized spacial score (nSPS) is 14.5. The molecule has 0 N–H and O–H groups in total. The quantitative estimate of drug-likeness (QED) is 0.832. The molecule has 0 spiro atoms. The molecule has 0 saturated heterocycles. The third-order valence-electron chi connectivity index (χ3n) is 3.15. The first-order valence-corrected chi connectivity index (χ1v) is 8.32. The zero-order chi connectivity index (χ0) is 16.5. The number of nitriles is 1. The van der Waals surface area contributed by atoms with Gasteiger partial charge >= 0.3 is 6.18 Å². The first-order valence-electron chi connectivity index (χ1n) is 6.21. The molecule has 1 aromatic carbocycles. The maximum atomic E-state index is 12.7. The SMILES string of the molecule is CS[C@H](C)C(=O)[C@@H](C#N)c1nc2cc(C(F)(F)F)ccc2s1. The summed E-state index contributed by atoms with van der Waals surface area (Å²) >= 11 is 2.39. The van der Waals surface area contributed by atoms with Gasteiger partial charge in [-0.15, -0.1) is 11.3 Å². The molecule has 22 heavy (non-hydrogen) atoms. The molecule has 2 aromatic rings. The lowest BCUT2D eigenvalue weighted by molar-refractivity contribution is -0.137. The van der Waals surface area contributed by atoms with Gasteiger partial charge in [-0.25, -0.2) is 4.98 Å². The van der Waals surface area contributed by atoms with Crippen LogP contribution in [0.25, 0.3) is 10.2 Å². The van der Waals surface area contributed by atoms with E-state index >= 15 is 0 Å². The number of halogens is 3. The molecule has 0 fully saturated rings. The number of nitrogens with zero attached hydrogens (tertiary/aromatic N) is 2.